The lowest BCUT2D eigenvalue weighted by molar-refractivity contribution is 0.581. The van der Waals surface area contributed by atoms with Crippen molar-refractivity contribution in [1.29, 1.82) is 0 Å². The monoisotopic (exact) mass is 296 g/mol. The molecule has 0 radical (unpaired) electrons. The van der Waals surface area contributed by atoms with Crippen molar-refractivity contribution in [1.82, 2.24) is 15.2 Å². The number of thiophene rings is 1. The van der Waals surface area contributed by atoms with Crippen molar-refractivity contribution >= 4 is 22.9 Å². The van der Waals surface area contributed by atoms with E-state index in [1.807, 2.05) is 18.4 Å². The first kappa shape index (κ1) is 13.1. The molecule has 0 spiro atoms. The second kappa shape index (κ2) is 5.25. The minimum atomic E-state index is -0.0874. The van der Waals surface area contributed by atoms with E-state index < -0.39 is 0 Å². The molecule has 6 heteroatoms. The van der Waals surface area contributed by atoms with Gasteiger partial charge in [-0.1, -0.05) is 11.6 Å². The molecule has 2 aromatic heterocycles. The molecule has 1 atom stereocenters. The topological polar surface area (TPSA) is 55.9 Å². The Kier molecular flexibility index (Phi) is 3.62. The van der Waals surface area contributed by atoms with Crippen molar-refractivity contribution < 1.29 is 0 Å². The van der Waals surface area contributed by atoms with Crippen LogP contribution >= 0.6 is 22.9 Å². The summed E-state index contributed by atoms with van der Waals surface area (Å²) in [7, 11) is 1.89. The number of rotatable bonds is 3. The number of nitrogens with one attached hydrogen (secondary N) is 1. The van der Waals surface area contributed by atoms with E-state index in [-0.39, 0.29) is 6.04 Å². The molecule has 1 aliphatic rings. The summed E-state index contributed by atoms with van der Waals surface area (Å²) in [6, 6.07) is 2.18. The molecule has 0 saturated carbocycles. The standard InChI is InChI=1S/C13H17ClN4S/c1-18-13(9(14)7-16-18)12(17-15)11-6-8-4-2-3-5-10(8)19-11/h6-7,12,17H,2-5,15H2,1H3. The van der Waals surface area contributed by atoms with Crippen molar-refractivity contribution in [3.05, 3.63) is 38.3 Å². The molecule has 3 N–H and O–H groups in total. The van der Waals surface area contributed by atoms with Crippen LogP contribution in [-0.2, 0) is 19.9 Å². The Morgan fingerprint density at radius 2 is 2.26 bits per heavy atom. The number of hydrogen-bond acceptors (Lipinski definition) is 4. The van der Waals surface area contributed by atoms with Crippen LogP contribution in [0.25, 0.3) is 0 Å². The van der Waals surface area contributed by atoms with E-state index in [4.69, 9.17) is 17.4 Å². The van der Waals surface area contributed by atoms with Gasteiger partial charge in [0.15, 0.2) is 0 Å². The Morgan fingerprint density at radius 3 is 2.89 bits per heavy atom. The maximum Gasteiger partial charge on any atom is 0.0985 e. The minimum absolute atomic E-state index is 0.0874. The van der Waals surface area contributed by atoms with Gasteiger partial charge >= 0.3 is 0 Å². The molecule has 4 nitrogen and oxygen atoms in total. The highest BCUT2D eigenvalue weighted by molar-refractivity contribution is 7.12. The third kappa shape index (κ3) is 2.31. The highest BCUT2D eigenvalue weighted by atomic mass is 35.5. The van der Waals surface area contributed by atoms with E-state index in [1.54, 1.807) is 10.9 Å². The number of hydrazine groups is 1. The van der Waals surface area contributed by atoms with Gasteiger partial charge in [-0.25, -0.2) is 5.43 Å². The highest BCUT2D eigenvalue weighted by Gasteiger charge is 2.24. The van der Waals surface area contributed by atoms with E-state index in [0.717, 1.165) is 5.69 Å². The van der Waals surface area contributed by atoms with Crippen LogP contribution in [0.2, 0.25) is 5.02 Å². The maximum absolute atomic E-state index is 6.22. The van der Waals surface area contributed by atoms with Crippen molar-refractivity contribution in [2.75, 3.05) is 0 Å². The van der Waals surface area contributed by atoms with Crippen LogP contribution in [0.3, 0.4) is 0 Å². The van der Waals surface area contributed by atoms with Gasteiger partial charge in [0.2, 0.25) is 0 Å². The smallest absolute Gasteiger partial charge is 0.0985 e. The molecule has 0 amide bonds. The fourth-order valence-electron chi connectivity index (χ4n) is 2.70. The molecule has 2 aromatic rings. The van der Waals surface area contributed by atoms with Crippen LogP contribution in [-0.4, -0.2) is 9.78 Å². The highest BCUT2D eigenvalue weighted by Crippen LogP contribution is 2.36. The molecule has 1 aliphatic carbocycles. The van der Waals surface area contributed by atoms with Gasteiger partial charge in [0, 0.05) is 16.8 Å². The van der Waals surface area contributed by atoms with Crippen LogP contribution in [0, 0.1) is 0 Å². The summed E-state index contributed by atoms with van der Waals surface area (Å²) in [4.78, 5) is 2.72. The molecule has 0 saturated heterocycles. The summed E-state index contributed by atoms with van der Waals surface area (Å²) in [5, 5.41) is 4.84. The second-order valence-corrected chi connectivity index (χ2v) is 6.48. The van der Waals surface area contributed by atoms with Gasteiger partial charge in [0.1, 0.15) is 0 Å². The van der Waals surface area contributed by atoms with Gasteiger partial charge in [-0.2, -0.15) is 5.10 Å². The quantitative estimate of drug-likeness (QED) is 0.676. The van der Waals surface area contributed by atoms with Gasteiger partial charge in [-0.15, -0.1) is 11.3 Å². The summed E-state index contributed by atoms with van der Waals surface area (Å²) < 4.78 is 1.78. The Balaban J connectivity index is 2.01. The molecule has 3 rings (SSSR count). The van der Waals surface area contributed by atoms with Crippen LogP contribution < -0.4 is 11.3 Å². The number of nitrogens with zero attached hydrogens (tertiary/aromatic N) is 2. The third-order valence-corrected chi connectivity index (χ3v) is 5.27. The fourth-order valence-corrected chi connectivity index (χ4v) is 4.29. The van der Waals surface area contributed by atoms with Gasteiger partial charge in [0.05, 0.1) is 23.0 Å². The van der Waals surface area contributed by atoms with E-state index >= 15 is 0 Å². The lowest BCUT2D eigenvalue weighted by Gasteiger charge is -2.15. The average Bonchev–Trinajstić information content (AvgIpc) is 2.97. The van der Waals surface area contributed by atoms with Crippen LogP contribution in [0.4, 0.5) is 0 Å². The van der Waals surface area contributed by atoms with Gasteiger partial charge < -0.3 is 0 Å². The Morgan fingerprint density at radius 1 is 1.47 bits per heavy atom. The number of aryl methyl sites for hydroxylation is 3. The predicted molar refractivity (Wildman–Crippen MR) is 78.3 cm³/mol. The van der Waals surface area contributed by atoms with Crippen LogP contribution in [0.5, 0.6) is 0 Å². The van der Waals surface area contributed by atoms with E-state index in [1.165, 1.54) is 41.0 Å². The summed E-state index contributed by atoms with van der Waals surface area (Å²) in [6.45, 7) is 0. The molecule has 19 heavy (non-hydrogen) atoms. The Hall–Kier alpha value is -0.880. The van der Waals surface area contributed by atoms with Crippen molar-refractivity contribution in [3.8, 4) is 0 Å². The van der Waals surface area contributed by atoms with Crippen molar-refractivity contribution in [2.45, 2.75) is 31.7 Å². The third-order valence-electron chi connectivity index (χ3n) is 3.68. The molecule has 0 bridgehead atoms. The predicted octanol–water partition coefficient (Wildman–Crippen LogP) is 2.57. The first-order chi connectivity index (χ1) is 9.20. The zero-order chi connectivity index (χ0) is 13.4. The van der Waals surface area contributed by atoms with Gasteiger partial charge in [0.25, 0.3) is 0 Å². The zero-order valence-electron chi connectivity index (χ0n) is 10.8. The summed E-state index contributed by atoms with van der Waals surface area (Å²) in [5.41, 5.74) is 5.27. The normalized spacial score (nSPS) is 16.4. The first-order valence-electron chi connectivity index (χ1n) is 6.45. The molecule has 0 fully saturated rings. The molecule has 0 aliphatic heterocycles. The first-order valence-corrected chi connectivity index (χ1v) is 7.65. The van der Waals surface area contributed by atoms with E-state index in [2.05, 4.69) is 16.6 Å². The average molecular weight is 297 g/mol. The Bertz CT molecular complexity index is 546. The molecule has 1 unspecified atom stereocenters. The van der Waals surface area contributed by atoms with Gasteiger partial charge in [-0.05, 0) is 37.3 Å². The number of hydrogen-bond donors (Lipinski definition) is 2. The van der Waals surface area contributed by atoms with Crippen molar-refractivity contribution in [2.24, 2.45) is 12.9 Å². The molecule has 102 valence electrons. The SMILES string of the molecule is Cn1ncc(Cl)c1C(NN)c1cc2c(s1)CCCC2. The fraction of sp³-hybridized carbons (Fsp3) is 0.462. The Labute approximate surface area is 121 Å². The number of fused-ring (bicyclic) bond motifs is 1. The molecule has 2 heterocycles. The summed E-state index contributed by atoms with van der Waals surface area (Å²) >= 11 is 8.06. The lowest BCUT2D eigenvalue weighted by atomic mass is 9.98. The van der Waals surface area contributed by atoms with E-state index in [0.29, 0.717) is 5.02 Å². The lowest BCUT2D eigenvalue weighted by Crippen LogP contribution is -2.30. The zero-order valence-corrected chi connectivity index (χ0v) is 12.4. The molecular weight excluding hydrogens is 280 g/mol. The second-order valence-electron chi connectivity index (χ2n) is 4.91. The van der Waals surface area contributed by atoms with Crippen LogP contribution in [0.15, 0.2) is 12.3 Å². The molecular formula is C13H17ClN4S. The number of halogens is 1. The largest absolute Gasteiger partial charge is 0.270 e. The van der Waals surface area contributed by atoms with E-state index in [9.17, 15) is 0 Å². The van der Waals surface area contributed by atoms with Crippen molar-refractivity contribution in [3.63, 3.8) is 0 Å². The molecule has 0 aromatic carbocycles. The number of nitrogens with two attached hydrogens (primary N) is 1. The summed E-state index contributed by atoms with van der Waals surface area (Å²) in [5.74, 6) is 5.75. The van der Waals surface area contributed by atoms with Crippen LogP contribution in [0.1, 0.15) is 39.9 Å². The number of aromatic nitrogens is 2. The minimum Gasteiger partial charge on any atom is -0.270 e. The summed E-state index contributed by atoms with van der Waals surface area (Å²) in [6.07, 6.45) is 6.61. The maximum atomic E-state index is 6.22. The van der Waals surface area contributed by atoms with Gasteiger partial charge in [-0.3, -0.25) is 10.5 Å².